The average molecular weight is 335 g/mol. The van der Waals surface area contributed by atoms with Crippen molar-refractivity contribution in [3.63, 3.8) is 0 Å². The van der Waals surface area contributed by atoms with E-state index in [2.05, 4.69) is 10.6 Å². The fraction of sp³-hybridized carbons (Fsp3) is 0.529. The molecule has 0 radical (unpaired) electrons. The SMILES string of the molecule is COc1ccc(C2(CNC(=O)CNC(=O)CN)CCOCC2)cc1. The van der Waals surface area contributed by atoms with E-state index in [9.17, 15) is 9.59 Å². The molecule has 2 amide bonds. The first-order valence-electron chi connectivity index (χ1n) is 8.05. The molecule has 2 rings (SSSR count). The van der Waals surface area contributed by atoms with Gasteiger partial charge in [0, 0.05) is 25.2 Å². The fourth-order valence-corrected chi connectivity index (χ4v) is 2.86. The summed E-state index contributed by atoms with van der Waals surface area (Å²) < 4.78 is 10.7. The normalized spacial score (nSPS) is 16.2. The predicted molar refractivity (Wildman–Crippen MR) is 89.8 cm³/mol. The van der Waals surface area contributed by atoms with Crippen molar-refractivity contribution in [2.75, 3.05) is 40.0 Å². The van der Waals surface area contributed by atoms with Crippen LogP contribution < -0.4 is 21.1 Å². The number of benzene rings is 1. The van der Waals surface area contributed by atoms with Gasteiger partial charge in [-0.05, 0) is 30.5 Å². The van der Waals surface area contributed by atoms with Gasteiger partial charge in [-0.15, -0.1) is 0 Å². The highest BCUT2D eigenvalue weighted by molar-refractivity contribution is 5.85. The lowest BCUT2D eigenvalue weighted by Gasteiger charge is -2.38. The van der Waals surface area contributed by atoms with Crippen molar-refractivity contribution in [2.24, 2.45) is 5.73 Å². The maximum atomic E-state index is 12.0. The third-order valence-corrected chi connectivity index (χ3v) is 4.41. The molecule has 1 aromatic carbocycles. The minimum atomic E-state index is -0.346. The minimum absolute atomic E-state index is 0.0643. The van der Waals surface area contributed by atoms with E-state index in [-0.39, 0.29) is 30.3 Å². The third-order valence-electron chi connectivity index (χ3n) is 4.41. The summed E-state index contributed by atoms with van der Waals surface area (Å²) in [6, 6.07) is 7.92. The molecule has 7 nitrogen and oxygen atoms in total. The molecule has 0 aliphatic carbocycles. The highest BCUT2D eigenvalue weighted by atomic mass is 16.5. The molecule has 0 bridgehead atoms. The summed E-state index contributed by atoms with van der Waals surface area (Å²) in [6.45, 7) is 1.63. The molecule has 1 fully saturated rings. The molecular formula is C17H25N3O4. The molecule has 1 aliphatic rings. The Balaban J connectivity index is 2.02. The first-order chi connectivity index (χ1) is 11.6. The van der Waals surface area contributed by atoms with E-state index in [0.717, 1.165) is 24.2 Å². The Kier molecular flexibility index (Phi) is 6.57. The van der Waals surface area contributed by atoms with Gasteiger partial charge < -0.3 is 25.8 Å². The molecule has 4 N–H and O–H groups in total. The van der Waals surface area contributed by atoms with Gasteiger partial charge in [-0.3, -0.25) is 9.59 Å². The standard InChI is InChI=1S/C17H25N3O4/c1-23-14-4-2-13(3-5-14)17(6-8-24-9-7-17)12-20-16(22)11-19-15(21)10-18/h2-5H,6-12,18H2,1H3,(H,19,21)(H,20,22). The highest BCUT2D eigenvalue weighted by Crippen LogP contribution is 2.35. The number of carbonyl (C=O) groups excluding carboxylic acids is 2. The van der Waals surface area contributed by atoms with Crippen LogP contribution in [0.4, 0.5) is 0 Å². The van der Waals surface area contributed by atoms with E-state index >= 15 is 0 Å². The molecule has 7 heteroatoms. The Bertz CT molecular complexity index is 553. The summed E-state index contributed by atoms with van der Waals surface area (Å²) in [5.74, 6) is 0.228. The summed E-state index contributed by atoms with van der Waals surface area (Å²) in [5, 5.41) is 5.39. The van der Waals surface area contributed by atoms with Crippen molar-refractivity contribution in [2.45, 2.75) is 18.3 Å². The van der Waals surface area contributed by atoms with Gasteiger partial charge in [0.1, 0.15) is 5.75 Å². The molecule has 1 heterocycles. The van der Waals surface area contributed by atoms with Gasteiger partial charge in [0.2, 0.25) is 11.8 Å². The van der Waals surface area contributed by atoms with Gasteiger partial charge in [-0.25, -0.2) is 0 Å². The topological polar surface area (TPSA) is 103 Å². The molecule has 0 saturated carbocycles. The van der Waals surface area contributed by atoms with Crippen LogP contribution in [0.15, 0.2) is 24.3 Å². The van der Waals surface area contributed by atoms with E-state index in [1.165, 1.54) is 0 Å². The first kappa shape index (κ1) is 18.2. The van der Waals surface area contributed by atoms with E-state index in [4.69, 9.17) is 15.2 Å². The second-order valence-corrected chi connectivity index (χ2v) is 5.88. The zero-order valence-electron chi connectivity index (χ0n) is 14.0. The number of nitrogens with two attached hydrogens (primary N) is 1. The quantitative estimate of drug-likeness (QED) is 0.647. The number of methoxy groups -OCH3 is 1. The Morgan fingerprint density at radius 1 is 1.17 bits per heavy atom. The van der Waals surface area contributed by atoms with Crippen LogP contribution in [-0.2, 0) is 19.7 Å². The van der Waals surface area contributed by atoms with Gasteiger partial charge in [0.25, 0.3) is 0 Å². The monoisotopic (exact) mass is 335 g/mol. The van der Waals surface area contributed by atoms with Crippen LogP contribution in [0.3, 0.4) is 0 Å². The Hall–Kier alpha value is -2.12. The molecule has 1 saturated heterocycles. The van der Waals surface area contributed by atoms with Crippen LogP contribution in [0.2, 0.25) is 0 Å². The maximum Gasteiger partial charge on any atom is 0.239 e. The first-order valence-corrected chi connectivity index (χ1v) is 8.05. The van der Waals surface area contributed by atoms with Crippen molar-refractivity contribution < 1.29 is 19.1 Å². The molecule has 132 valence electrons. The van der Waals surface area contributed by atoms with Gasteiger partial charge in [-0.1, -0.05) is 12.1 Å². The molecule has 0 spiro atoms. The van der Waals surface area contributed by atoms with Gasteiger partial charge >= 0.3 is 0 Å². The van der Waals surface area contributed by atoms with Crippen LogP contribution in [0.5, 0.6) is 5.75 Å². The van der Waals surface area contributed by atoms with Crippen molar-refractivity contribution in [3.8, 4) is 5.75 Å². The number of hydrogen-bond donors (Lipinski definition) is 3. The Morgan fingerprint density at radius 3 is 2.42 bits per heavy atom. The summed E-state index contributed by atoms with van der Waals surface area (Å²) in [6.07, 6.45) is 1.66. The van der Waals surface area contributed by atoms with E-state index < -0.39 is 0 Å². The molecule has 0 aromatic heterocycles. The smallest absolute Gasteiger partial charge is 0.239 e. The van der Waals surface area contributed by atoms with Crippen LogP contribution in [0.1, 0.15) is 18.4 Å². The van der Waals surface area contributed by atoms with E-state index in [1.54, 1.807) is 7.11 Å². The largest absolute Gasteiger partial charge is 0.497 e. The lowest BCUT2D eigenvalue weighted by atomic mass is 9.74. The predicted octanol–water partition coefficient (Wildman–Crippen LogP) is -0.0655. The van der Waals surface area contributed by atoms with Gasteiger partial charge in [-0.2, -0.15) is 0 Å². The number of rotatable bonds is 7. The molecule has 1 aliphatic heterocycles. The zero-order chi connectivity index (χ0) is 17.4. The Labute approximate surface area is 141 Å². The lowest BCUT2D eigenvalue weighted by molar-refractivity contribution is -0.125. The van der Waals surface area contributed by atoms with Crippen LogP contribution >= 0.6 is 0 Å². The zero-order valence-corrected chi connectivity index (χ0v) is 14.0. The average Bonchev–Trinajstić information content (AvgIpc) is 2.65. The van der Waals surface area contributed by atoms with Crippen LogP contribution in [0.25, 0.3) is 0 Å². The minimum Gasteiger partial charge on any atom is -0.497 e. The summed E-state index contributed by atoms with van der Waals surface area (Å²) in [5.41, 5.74) is 6.18. The lowest BCUT2D eigenvalue weighted by Crippen LogP contribution is -2.47. The summed E-state index contributed by atoms with van der Waals surface area (Å²) in [7, 11) is 1.63. The summed E-state index contributed by atoms with van der Waals surface area (Å²) in [4.78, 5) is 23.1. The van der Waals surface area contributed by atoms with Gasteiger partial charge in [0.15, 0.2) is 0 Å². The molecule has 24 heavy (non-hydrogen) atoms. The molecule has 0 atom stereocenters. The number of amides is 2. The van der Waals surface area contributed by atoms with E-state index in [1.807, 2.05) is 24.3 Å². The second-order valence-electron chi connectivity index (χ2n) is 5.88. The highest BCUT2D eigenvalue weighted by Gasteiger charge is 2.34. The van der Waals surface area contributed by atoms with Crippen molar-refractivity contribution in [1.29, 1.82) is 0 Å². The van der Waals surface area contributed by atoms with Crippen LogP contribution in [0, 0.1) is 0 Å². The molecular weight excluding hydrogens is 310 g/mol. The molecule has 0 unspecified atom stereocenters. The fourth-order valence-electron chi connectivity index (χ4n) is 2.86. The van der Waals surface area contributed by atoms with Crippen LogP contribution in [-0.4, -0.2) is 51.8 Å². The van der Waals surface area contributed by atoms with E-state index in [0.29, 0.717) is 19.8 Å². The van der Waals surface area contributed by atoms with Gasteiger partial charge in [0.05, 0.1) is 20.2 Å². The third kappa shape index (κ3) is 4.69. The molecule has 1 aromatic rings. The number of hydrogen-bond acceptors (Lipinski definition) is 5. The van der Waals surface area contributed by atoms with Crippen molar-refractivity contribution >= 4 is 11.8 Å². The summed E-state index contributed by atoms with van der Waals surface area (Å²) >= 11 is 0. The second kappa shape index (κ2) is 8.65. The van der Waals surface area contributed by atoms with Crippen molar-refractivity contribution in [3.05, 3.63) is 29.8 Å². The number of carbonyl (C=O) groups is 2. The number of nitrogens with one attached hydrogen (secondary N) is 2. The Morgan fingerprint density at radius 2 is 1.83 bits per heavy atom. The van der Waals surface area contributed by atoms with Crippen molar-refractivity contribution in [1.82, 2.24) is 10.6 Å². The maximum absolute atomic E-state index is 12.0. The number of ether oxygens (including phenoxy) is 2.